The van der Waals surface area contributed by atoms with E-state index in [2.05, 4.69) is 12.1 Å². The molecule has 1 N–H and O–H groups in total. The van der Waals surface area contributed by atoms with Crippen molar-refractivity contribution in [1.82, 2.24) is 5.48 Å². The van der Waals surface area contributed by atoms with E-state index in [0.29, 0.717) is 18.0 Å². The van der Waals surface area contributed by atoms with Crippen LogP contribution in [0.2, 0.25) is 0 Å². The highest BCUT2D eigenvalue weighted by atomic mass is 32.2. The lowest BCUT2D eigenvalue weighted by Crippen LogP contribution is -2.26. The van der Waals surface area contributed by atoms with Crippen LogP contribution >= 0.6 is 0 Å². The topological polar surface area (TPSA) is 58.6 Å². The first-order chi connectivity index (χ1) is 11.0. The Hall–Kier alpha value is -2.31. The number of anilines is 1. The van der Waals surface area contributed by atoms with Crippen molar-refractivity contribution in [2.45, 2.75) is 11.8 Å². The van der Waals surface area contributed by atoms with Crippen molar-refractivity contribution in [3.8, 4) is 0 Å². The standard InChI is InChI=1S/C17H20N2O3S/c1-4-22-18-14(2)15-10-12-16(13-11-15)19(3)23(20,21)17-8-6-5-7-9-17/h5-13,18H,2,4H2,1,3H3. The van der Waals surface area contributed by atoms with Crippen molar-refractivity contribution in [1.29, 1.82) is 0 Å². The van der Waals surface area contributed by atoms with E-state index in [9.17, 15) is 8.42 Å². The lowest BCUT2D eigenvalue weighted by Gasteiger charge is -2.20. The molecule has 0 fully saturated rings. The maximum atomic E-state index is 12.6. The maximum absolute atomic E-state index is 12.6. The molecule has 0 saturated heterocycles. The van der Waals surface area contributed by atoms with Gasteiger partial charge in [-0.05, 0) is 36.8 Å². The third-order valence-corrected chi connectivity index (χ3v) is 5.12. The van der Waals surface area contributed by atoms with Gasteiger partial charge in [0.15, 0.2) is 0 Å². The summed E-state index contributed by atoms with van der Waals surface area (Å²) in [6, 6.07) is 15.4. The zero-order valence-corrected chi connectivity index (χ0v) is 14.0. The van der Waals surface area contributed by atoms with E-state index < -0.39 is 10.0 Å². The van der Waals surface area contributed by atoms with E-state index in [1.807, 2.05) is 6.92 Å². The summed E-state index contributed by atoms with van der Waals surface area (Å²) < 4.78 is 26.4. The van der Waals surface area contributed by atoms with Crippen molar-refractivity contribution in [2.24, 2.45) is 0 Å². The Kier molecular flexibility index (Phi) is 5.41. The van der Waals surface area contributed by atoms with Gasteiger partial charge in [-0.2, -0.15) is 0 Å². The Balaban J connectivity index is 2.20. The van der Waals surface area contributed by atoms with Gasteiger partial charge in [-0.15, -0.1) is 0 Å². The van der Waals surface area contributed by atoms with Crippen LogP contribution in [-0.2, 0) is 14.9 Å². The third kappa shape index (κ3) is 3.91. The van der Waals surface area contributed by atoms with Gasteiger partial charge >= 0.3 is 0 Å². The highest BCUT2D eigenvalue weighted by molar-refractivity contribution is 7.92. The van der Waals surface area contributed by atoms with E-state index in [1.165, 1.54) is 11.4 Å². The van der Waals surface area contributed by atoms with Gasteiger partial charge in [0.1, 0.15) is 0 Å². The lowest BCUT2D eigenvalue weighted by atomic mass is 10.1. The van der Waals surface area contributed by atoms with Crippen LogP contribution in [0.1, 0.15) is 12.5 Å². The summed E-state index contributed by atoms with van der Waals surface area (Å²) in [6.45, 7) is 6.26. The van der Waals surface area contributed by atoms with Gasteiger partial charge < -0.3 is 0 Å². The molecular formula is C17H20N2O3S. The summed E-state index contributed by atoms with van der Waals surface area (Å²) >= 11 is 0. The summed E-state index contributed by atoms with van der Waals surface area (Å²) in [7, 11) is -2.04. The van der Waals surface area contributed by atoms with Gasteiger partial charge in [0.05, 0.1) is 22.9 Å². The van der Waals surface area contributed by atoms with Crippen LogP contribution in [0.15, 0.2) is 66.1 Å². The molecule has 0 amide bonds. The first kappa shape index (κ1) is 17.1. The van der Waals surface area contributed by atoms with Gasteiger partial charge in [0, 0.05) is 7.05 Å². The predicted molar refractivity (Wildman–Crippen MR) is 92.3 cm³/mol. The number of sulfonamides is 1. The molecule has 0 aliphatic heterocycles. The Labute approximate surface area is 137 Å². The number of nitrogens with zero attached hydrogens (tertiary/aromatic N) is 1. The molecule has 0 unspecified atom stereocenters. The average molecular weight is 332 g/mol. The molecule has 0 atom stereocenters. The highest BCUT2D eigenvalue weighted by Gasteiger charge is 2.20. The second-order valence-electron chi connectivity index (χ2n) is 4.85. The summed E-state index contributed by atoms with van der Waals surface area (Å²) in [5, 5.41) is 0. The number of nitrogens with one attached hydrogen (secondary N) is 1. The minimum Gasteiger partial charge on any atom is -0.276 e. The first-order valence-corrected chi connectivity index (χ1v) is 8.62. The van der Waals surface area contributed by atoms with E-state index in [1.54, 1.807) is 54.6 Å². The molecule has 0 bridgehead atoms. The van der Waals surface area contributed by atoms with Crippen LogP contribution in [0, 0.1) is 0 Å². The van der Waals surface area contributed by atoms with Crippen LogP contribution in [-0.4, -0.2) is 22.1 Å². The highest BCUT2D eigenvalue weighted by Crippen LogP contribution is 2.23. The maximum Gasteiger partial charge on any atom is 0.264 e. The van der Waals surface area contributed by atoms with Crippen LogP contribution < -0.4 is 9.79 Å². The molecule has 0 heterocycles. The number of hydroxylamine groups is 1. The minimum atomic E-state index is -3.57. The van der Waals surface area contributed by atoms with E-state index in [4.69, 9.17) is 4.84 Å². The van der Waals surface area contributed by atoms with Crippen molar-refractivity contribution in [3.63, 3.8) is 0 Å². The predicted octanol–water partition coefficient (Wildman–Crippen LogP) is 3.02. The summed E-state index contributed by atoms with van der Waals surface area (Å²) in [6.07, 6.45) is 0. The fourth-order valence-corrected chi connectivity index (χ4v) is 3.20. The Morgan fingerprint density at radius 2 is 1.74 bits per heavy atom. The molecule has 122 valence electrons. The fourth-order valence-electron chi connectivity index (χ4n) is 1.98. The van der Waals surface area contributed by atoms with Gasteiger partial charge in [0.25, 0.3) is 10.0 Å². The molecule has 0 aliphatic rings. The van der Waals surface area contributed by atoms with Crippen molar-refractivity contribution < 1.29 is 13.3 Å². The van der Waals surface area contributed by atoms with Crippen molar-refractivity contribution >= 4 is 21.4 Å². The summed E-state index contributed by atoms with van der Waals surface area (Å²) in [5.74, 6) is 0. The molecule has 0 spiro atoms. The minimum absolute atomic E-state index is 0.258. The monoisotopic (exact) mass is 332 g/mol. The third-order valence-electron chi connectivity index (χ3n) is 3.32. The molecule has 0 aromatic heterocycles. The number of benzene rings is 2. The molecule has 6 heteroatoms. The van der Waals surface area contributed by atoms with E-state index in [0.717, 1.165) is 5.56 Å². The van der Waals surface area contributed by atoms with Crippen LogP contribution in [0.4, 0.5) is 5.69 Å². The summed E-state index contributed by atoms with van der Waals surface area (Å²) in [4.78, 5) is 5.34. The van der Waals surface area contributed by atoms with Gasteiger partial charge in [-0.25, -0.2) is 8.42 Å². The fraction of sp³-hybridized carbons (Fsp3) is 0.176. The summed E-state index contributed by atoms with van der Waals surface area (Å²) in [5.41, 5.74) is 4.74. The van der Waals surface area contributed by atoms with Gasteiger partial charge in [-0.1, -0.05) is 36.9 Å². The quantitative estimate of drug-likeness (QED) is 0.792. The second kappa shape index (κ2) is 7.30. The SMILES string of the molecule is C=C(NOCC)c1ccc(N(C)S(=O)(=O)c2ccccc2)cc1. The molecule has 2 aromatic carbocycles. The molecule has 5 nitrogen and oxygen atoms in total. The average Bonchev–Trinajstić information content (AvgIpc) is 2.59. The Morgan fingerprint density at radius 1 is 1.13 bits per heavy atom. The molecule has 0 saturated carbocycles. The van der Waals surface area contributed by atoms with Crippen molar-refractivity contribution in [3.05, 3.63) is 66.7 Å². The van der Waals surface area contributed by atoms with Crippen molar-refractivity contribution in [2.75, 3.05) is 18.0 Å². The zero-order valence-electron chi connectivity index (χ0n) is 13.2. The normalized spacial score (nSPS) is 11.0. The zero-order chi connectivity index (χ0) is 16.9. The lowest BCUT2D eigenvalue weighted by molar-refractivity contribution is 0.0901. The second-order valence-corrected chi connectivity index (χ2v) is 6.82. The Bertz CT molecular complexity index is 756. The molecule has 2 rings (SSSR count). The Morgan fingerprint density at radius 3 is 2.30 bits per heavy atom. The molecular weight excluding hydrogens is 312 g/mol. The largest absolute Gasteiger partial charge is 0.276 e. The van der Waals surface area contributed by atoms with E-state index in [-0.39, 0.29) is 4.90 Å². The number of hydrogen-bond donors (Lipinski definition) is 1. The molecule has 0 radical (unpaired) electrons. The first-order valence-electron chi connectivity index (χ1n) is 7.18. The van der Waals surface area contributed by atoms with E-state index >= 15 is 0 Å². The van der Waals surface area contributed by atoms with Gasteiger partial charge in [-0.3, -0.25) is 14.6 Å². The van der Waals surface area contributed by atoms with Crippen LogP contribution in [0.3, 0.4) is 0 Å². The molecule has 23 heavy (non-hydrogen) atoms. The number of hydrogen-bond acceptors (Lipinski definition) is 4. The number of rotatable bonds is 7. The smallest absolute Gasteiger partial charge is 0.264 e. The molecule has 2 aromatic rings. The molecule has 0 aliphatic carbocycles. The van der Waals surface area contributed by atoms with Crippen LogP contribution in [0.5, 0.6) is 0 Å². The van der Waals surface area contributed by atoms with Gasteiger partial charge in [0.2, 0.25) is 0 Å². The van der Waals surface area contributed by atoms with Crippen LogP contribution in [0.25, 0.3) is 5.70 Å².